The van der Waals surface area contributed by atoms with Crippen LogP contribution in [0.2, 0.25) is 0 Å². The minimum atomic E-state index is -0.971. The average molecular weight is 303 g/mol. The zero-order valence-electron chi connectivity index (χ0n) is 13.3. The van der Waals surface area contributed by atoms with Gasteiger partial charge in [-0.05, 0) is 57.6 Å². The van der Waals surface area contributed by atoms with Gasteiger partial charge >= 0.3 is 0 Å². The van der Waals surface area contributed by atoms with Crippen molar-refractivity contribution in [1.82, 2.24) is 9.78 Å². The number of aromatic nitrogens is 2. The summed E-state index contributed by atoms with van der Waals surface area (Å²) in [6.07, 6.45) is 6.24. The Morgan fingerprint density at radius 3 is 2.55 bits per heavy atom. The van der Waals surface area contributed by atoms with E-state index in [0.29, 0.717) is 29.8 Å². The number of aliphatic hydroxyl groups is 2. The number of hydrogen-bond donors (Lipinski definition) is 3. The van der Waals surface area contributed by atoms with Crippen molar-refractivity contribution in [3.05, 3.63) is 23.9 Å². The lowest BCUT2D eigenvalue weighted by Crippen LogP contribution is -2.20. The molecule has 1 aliphatic carbocycles. The van der Waals surface area contributed by atoms with Gasteiger partial charge in [0, 0.05) is 29.4 Å². The van der Waals surface area contributed by atoms with Gasteiger partial charge in [-0.2, -0.15) is 5.10 Å². The molecule has 0 bridgehead atoms. The first kappa shape index (κ1) is 15.3. The van der Waals surface area contributed by atoms with Crippen LogP contribution in [-0.2, 0) is 5.60 Å². The van der Waals surface area contributed by atoms with E-state index in [2.05, 4.69) is 0 Å². The molecule has 0 aliphatic heterocycles. The van der Waals surface area contributed by atoms with Gasteiger partial charge in [0.15, 0.2) is 0 Å². The SMILES string of the molecule is CC(C)(O)c1cc2nn([C@H]3CC[C@H](CO)CC3)cc2cc1N. The highest BCUT2D eigenvalue weighted by Crippen LogP contribution is 2.34. The third kappa shape index (κ3) is 2.83. The molecule has 1 aromatic carbocycles. The fourth-order valence-corrected chi connectivity index (χ4v) is 3.42. The van der Waals surface area contributed by atoms with Crippen LogP contribution in [0.25, 0.3) is 10.9 Å². The van der Waals surface area contributed by atoms with Crippen LogP contribution >= 0.6 is 0 Å². The monoisotopic (exact) mass is 303 g/mol. The van der Waals surface area contributed by atoms with Crippen molar-refractivity contribution in [2.24, 2.45) is 5.92 Å². The zero-order valence-corrected chi connectivity index (χ0v) is 13.3. The molecule has 0 spiro atoms. The fraction of sp³-hybridized carbons (Fsp3) is 0.588. The van der Waals surface area contributed by atoms with Crippen molar-refractivity contribution in [3.8, 4) is 0 Å². The van der Waals surface area contributed by atoms with Crippen molar-refractivity contribution in [3.63, 3.8) is 0 Å². The van der Waals surface area contributed by atoms with E-state index in [1.165, 1.54) is 0 Å². The number of aliphatic hydroxyl groups excluding tert-OH is 1. The lowest BCUT2D eigenvalue weighted by atomic mass is 9.87. The lowest BCUT2D eigenvalue weighted by Gasteiger charge is -2.27. The summed E-state index contributed by atoms with van der Waals surface area (Å²) in [6.45, 7) is 3.76. The van der Waals surface area contributed by atoms with Gasteiger partial charge in [0.05, 0.1) is 17.2 Å². The van der Waals surface area contributed by atoms with Crippen molar-refractivity contribution < 1.29 is 10.2 Å². The molecule has 3 rings (SSSR count). The van der Waals surface area contributed by atoms with Gasteiger partial charge in [0.25, 0.3) is 0 Å². The maximum Gasteiger partial charge on any atom is 0.0928 e. The van der Waals surface area contributed by atoms with Gasteiger partial charge < -0.3 is 15.9 Å². The highest BCUT2D eigenvalue weighted by Gasteiger charge is 2.24. The summed E-state index contributed by atoms with van der Waals surface area (Å²) in [6, 6.07) is 4.17. The van der Waals surface area contributed by atoms with Crippen molar-refractivity contribution in [1.29, 1.82) is 0 Å². The van der Waals surface area contributed by atoms with Crippen molar-refractivity contribution >= 4 is 16.6 Å². The second-order valence-corrected chi connectivity index (χ2v) is 7.02. The van der Waals surface area contributed by atoms with E-state index >= 15 is 0 Å². The van der Waals surface area contributed by atoms with Crippen molar-refractivity contribution in [2.45, 2.75) is 51.2 Å². The molecule has 0 amide bonds. The number of nitrogens with zero attached hydrogens (tertiary/aromatic N) is 2. The second kappa shape index (κ2) is 5.56. The van der Waals surface area contributed by atoms with E-state index in [9.17, 15) is 10.2 Å². The number of benzene rings is 1. The highest BCUT2D eigenvalue weighted by atomic mass is 16.3. The average Bonchev–Trinajstić information content (AvgIpc) is 2.88. The predicted octanol–water partition coefficient (Wildman–Crippen LogP) is 2.57. The summed E-state index contributed by atoms with van der Waals surface area (Å²) < 4.78 is 2.03. The van der Waals surface area contributed by atoms with E-state index in [-0.39, 0.29) is 0 Å². The molecule has 4 N–H and O–H groups in total. The number of anilines is 1. The van der Waals surface area contributed by atoms with E-state index in [1.807, 2.05) is 23.0 Å². The minimum absolute atomic E-state index is 0.291. The first-order valence-corrected chi connectivity index (χ1v) is 8.00. The zero-order chi connectivity index (χ0) is 15.9. The van der Waals surface area contributed by atoms with Crippen LogP contribution in [0.15, 0.2) is 18.3 Å². The highest BCUT2D eigenvalue weighted by molar-refractivity contribution is 5.83. The van der Waals surface area contributed by atoms with E-state index < -0.39 is 5.60 Å². The maximum atomic E-state index is 10.2. The number of nitrogens with two attached hydrogens (primary N) is 1. The topological polar surface area (TPSA) is 84.3 Å². The Hall–Kier alpha value is -1.59. The fourth-order valence-electron chi connectivity index (χ4n) is 3.42. The predicted molar refractivity (Wildman–Crippen MR) is 87.5 cm³/mol. The first-order chi connectivity index (χ1) is 10.4. The molecular weight excluding hydrogens is 278 g/mol. The Labute approximate surface area is 130 Å². The number of nitrogen functional groups attached to an aromatic ring is 1. The summed E-state index contributed by atoms with van der Waals surface area (Å²) in [5.41, 5.74) is 7.29. The summed E-state index contributed by atoms with van der Waals surface area (Å²) >= 11 is 0. The van der Waals surface area contributed by atoms with Gasteiger partial charge in [-0.3, -0.25) is 4.68 Å². The molecular formula is C17H25N3O2. The summed E-state index contributed by atoms with van der Waals surface area (Å²) in [5.74, 6) is 0.443. The molecule has 0 atom stereocenters. The standard InChI is InChI=1S/C17H25N3O2/c1-17(2,22)14-8-16-12(7-15(14)18)9-20(19-16)13-5-3-11(10-21)4-6-13/h7-9,11,13,21-22H,3-6,10,18H2,1-2H3/t11-,13-. The largest absolute Gasteiger partial charge is 0.398 e. The van der Waals surface area contributed by atoms with E-state index in [1.54, 1.807) is 13.8 Å². The Kier molecular flexibility index (Phi) is 3.87. The summed E-state index contributed by atoms with van der Waals surface area (Å²) in [5, 5.41) is 25.1. The molecule has 2 aromatic rings. The summed E-state index contributed by atoms with van der Waals surface area (Å²) in [4.78, 5) is 0. The number of fused-ring (bicyclic) bond motifs is 1. The van der Waals surface area contributed by atoms with Gasteiger partial charge in [-0.1, -0.05) is 0 Å². The van der Waals surface area contributed by atoms with Gasteiger partial charge in [0.1, 0.15) is 0 Å². The molecule has 5 heteroatoms. The molecule has 1 fully saturated rings. The lowest BCUT2D eigenvalue weighted by molar-refractivity contribution is 0.0795. The van der Waals surface area contributed by atoms with Crippen LogP contribution in [-0.4, -0.2) is 26.6 Å². The van der Waals surface area contributed by atoms with Gasteiger partial charge in [-0.15, -0.1) is 0 Å². The summed E-state index contributed by atoms with van der Waals surface area (Å²) in [7, 11) is 0. The second-order valence-electron chi connectivity index (χ2n) is 7.02. The Bertz CT molecular complexity index is 664. The molecule has 120 valence electrons. The maximum absolute atomic E-state index is 10.2. The molecule has 0 radical (unpaired) electrons. The Morgan fingerprint density at radius 2 is 1.95 bits per heavy atom. The van der Waals surface area contributed by atoms with Crippen LogP contribution in [0.1, 0.15) is 51.1 Å². The quantitative estimate of drug-likeness (QED) is 0.761. The molecule has 22 heavy (non-hydrogen) atoms. The third-order valence-electron chi connectivity index (χ3n) is 4.80. The van der Waals surface area contributed by atoms with Crippen molar-refractivity contribution in [2.75, 3.05) is 12.3 Å². The molecule has 1 saturated carbocycles. The Balaban J connectivity index is 1.90. The van der Waals surface area contributed by atoms with E-state index in [0.717, 1.165) is 36.6 Å². The normalized spacial score (nSPS) is 23.1. The smallest absolute Gasteiger partial charge is 0.0928 e. The molecule has 1 heterocycles. The molecule has 1 aromatic heterocycles. The first-order valence-electron chi connectivity index (χ1n) is 8.00. The van der Waals surface area contributed by atoms with Crippen LogP contribution in [0.5, 0.6) is 0 Å². The Morgan fingerprint density at radius 1 is 1.27 bits per heavy atom. The molecule has 5 nitrogen and oxygen atoms in total. The van der Waals surface area contributed by atoms with Crippen LogP contribution in [0, 0.1) is 5.92 Å². The third-order valence-corrected chi connectivity index (χ3v) is 4.80. The van der Waals surface area contributed by atoms with Gasteiger partial charge in [0.2, 0.25) is 0 Å². The molecule has 0 saturated heterocycles. The molecule has 1 aliphatic rings. The number of rotatable bonds is 3. The molecule has 0 unspecified atom stereocenters. The van der Waals surface area contributed by atoms with Gasteiger partial charge in [-0.25, -0.2) is 0 Å². The van der Waals surface area contributed by atoms with E-state index in [4.69, 9.17) is 10.8 Å². The minimum Gasteiger partial charge on any atom is -0.398 e. The number of hydrogen-bond acceptors (Lipinski definition) is 4. The van der Waals surface area contributed by atoms with Crippen LogP contribution < -0.4 is 5.73 Å². The van der Waals surface area contributed by atoms with Crippen LogP contribution in [0.3, 0.4) is 0 Å². The van der Waals surface area contributed by atoms with Crippen LogP contribution in [0.4, 0.5) is 5.69 Å².